The van der Waals surface area contributed by atoms with E-state index < -0.39 is 0 Å². The molecule has 0 aliphatic rings. The van der Waals surface area contributed by atoms with Gasteiger partial charge in [0.15, 0.2) is 0 Å². The molecule has 0 unspecified atom stereocenters. The second-order valence-corrected chi connectivity index (χ2v) is 2.43. The molecule has 0 aliphatic carbocycles. The number of nitrogens with one attached hydrogen (secondary N) is 1. The van der Waals surface area contributed by atoms with E-state index in [2.05, 4.69) is 11.1 Å². The average Bonchev–Trinajstić information content (AvgIpc) is 2.46. The molecule has 1 heterocycles. The maximum Gasteiger partial charge on any atom is 0.0837 e. The quantitative estimate of drug-likeness (QED) is 0.627. The number of benzene rings is 1. The summed E-state index contributed by atoms with van der Waals surface area (Å²) >= 11 is 0. The van der Waals surface area contributed by atoms with E-state index in [1.807, 2.05) is 24.3 Å². The Morgan fingerprint density at radius 1 is 1.36 bits per heavy atom. The minimum Gasteiger partial charge on any atom is -0.390 e. The first kappa shape index (κ1) is 6.43. The van der Waals surface area contributed by atoms with Gasteiger partial charge >= 0.3 is 0 Å². The predicted molar refractivity (Wildman–Crippen MR) is 43.1 cm³/mol. The smallest absolute Gasteiger partial charge is 0.0837 e. The molecule has 0 fully saturated rings. The van der Waals surface area contributed by atoms with Gasteiger partial charge in [0.2, 0.25) is 0 Å². The number of aliphatic hydroxyl groups excluding tert-OH is 1. The topological polar surface area (TPSA) is 36.0 Å². The SMILES string of the molecule is OCc1[c]c2ccccc2[nH]1. The van der Waals surface area contributed by atoms with E-state index in [0.29, 0.717) is 0 Å². The van der Waals surface area contributed by atoms with E-state index in [1.54, 1.807) is 0 Å². The molecule has 0 atom stereocenters. The highest BCUT2D eigenvalue weighted by Gasteiger charge is 1.96. The van der Waals surface area contributed by atoms with Crippen LogP contribution in [0.3, 0.4) is 0 Å². The van der Waals surface area contributed by atoms with Gasteiger partial charge in [0.1, 0.15) is 0 Å². The summed E-state index contributed by atoms with van der Waals surface area (Å²) in [6.07, 6.45) is 0. The van der Waals surface area contributed by atoms with Crippen LogP contribution in [0.4, 0.5) is 0 Å². The Morgan fingerprint density at radius 3 is 2.91 bits per heavy atom. The summed E-state index contributed by atoms with van der Waals surface area (Å²) in [4.78, 5) is 3.04. The fourth-order valence-corrected chi connectivity index (χ4v) is 1.14. The molecule has 2 heteroatoms. The molecule has 11 heavy (non-hydrogen) atoms. The van der Waals surface area contributed by atoms with Gasteiger partial charge in [-0.05, 0) is 6.07 Å². The third-order valence-electron chi connectivity index (χ3n) is 1.66. The predicted octanol–water partition coefficient (Wildman–Crippen LogP) is 1.46. The maximum absolute atomic E-state index is 8.78. The van der Waals surface area contributed by atoms with Crippen LogP contribution in [0.1, 0.15) is 5.69 Å². The molecule has 1 radical (unpaired) electrons. The van der Waals surface area contributed by atoms with Gasteiger partial charge in [-0.3, -0.25) is 0 Å². The number of para-hydroxylation sites is 1. The third kappa shape index (κ3) is 1.01. The second kappa shape index (κ2) is 2.40. The molecule has 2 nitrogen and oxygen atoms in total. The number of H-pyrrole nitrogens is 1. The Labute approximate surface area is 64.5 Å². The van der Waals surface area contributed by atoms with Crippen molar-refractivity contribution in [1.29, 1.82) is 0 Å². The van der Waals surface area contributed by atoms with Gasteiger partial charge in [0.25, 0.3) is 0 Å². The van der Waals surface area contributed by atoms with Crippen molar-refractivity contribution in [3.63, 3.8) is 0 Å². The van der Waals surface area contributed by atoms with Crippen LogP contribution in [-0.4, -0.2) is 10.1 Å². The van der Waals surface area contributed by atoms with Crippen molar-refractivity contribution in [2.24, 2.45) is 0 Å². The van der Waals surface area contributed by atoms with Crippen LogP contribution in [0.15, 0.2) is 24.3 Å². The average molecular weight is 146 g/mol. The fraction of sp³-hybridized carbons (Fsp3) is 0.111. The van der Waals surface area contributed by atoms with Gasteiger partial charge in [-0.2, -0.15) is 0 Å². The lowest BCUT2D eigenvalue weighted by molar-refractivity contribution is 0.277. The zero-order valence-electron chi connectivity index (χ0n) is 5.96. The van der Waals surface area contributed by atoms with Crippen molar-refractivity contribution < 1.29 is 5.11 Å². The van der Waals surface area contributed by atoms with E-state index in [0.717, 1.165) is 16.6 Å². The second-order valence-electron chi connectivity index (χ2n) is 2.43. The molecule has 2 N–H and O–H groups in total. The lowest BCUT2D eigenvalue weighted by Crippen LogP contribution is -1.79. The van der Waals surface area contributed by atoms with Crippen LogP contribution >= 0.6 is 0 Å². The monoisotopic (exact) mass is 146 g/mol. The highest BCUT2D eigenvalue weighted by Crippen LogP contribution is 2.12. The minimum absolute atomic E-state index is 0.0225. The zero-order valence-corrected chi connectivity index (χ0v) is 5.96. The number of aromatic amines is 1. The Morgan fingerprint density at radius 2 is 2.18 bits per heavy atom. The third-order valence-corrected chi connectivity index (χ3v) is 1.66. The molecule has 1 aromatic heterocycles. The summed E-state index contributed by atoms with van der Waals surface area (Å²) in [6, 6.07) is 10.9. The molecule has 2 aromatic rings. The molecule has 0 saturated heterocycles. The summed E-state index contributed by atoms with van der Waals surface area (Å²) in [6.45, 7) is 0.0225. The van der Waals surface area contributed by atoms with Gasteiger partial charge in [-0.1, -0.05) is 18.2 Å². The van der Waals surface area contributed by atoms with Gasteiger partial charge in [-0.15, -0.1) is 0 Å². The molecule has 0 amide bonds. The molecule has 2 rings (SSSR count). The first-order chi connectivity index (χ1) is 5.40. The lowest BCUT2D eigenvalue weighted by atomic mass is 10.2. The highest BCUT2D eigenvalue weighted by atomic mass is 16.3. The van der Waals surface area contributed by atoms with Crippen LogP contribution in [0.5, 0.6) is 0 Å². The van der Waals surface area contributed by atoms with Crippen molar-refractivity contribution in [3.8, 4) is 0 Å². The van der Waals surface area contributed by atoms with Crippen LogP contribution in [0.2, 0.25) is 0 Å². The largest absolute Gasteiger partial charge is 0.390 e. The van der Waals surface area contributed by atoms with E-state index in [9.17, 15) is 0 Å². The normalized spacial score (nSPS) is 10.6. The molecule has 1 aromatic carbocycles. The van der Waals surface area contributed by atoms with Crippen LogP contribution < -0.4 is 0 Å². The number of hydrogen-bond acceptors (Lipinski definition) is 1. The highest BCUT2D eigenvalue weighted by molar-refractivity contribution is 5.79. The van der Waals surface area contributed by atoms with Crippen molar-refractivity contribution in [2.45, 2.75) is 6.61 Å². The number of hydrogen-bond donors (Lipinski definition) is 2. The van der Waals surface area contributed by atoms with Crippen molar-refractivity contribution in [2.75, 3.05) is 0 Å². The molecule has 55 valence electrons. The first-order valence-corrected chi connectivity index (χ1v) is 3.50. The van der Waals surface area contributed by atoms with E-state index in [1.165, 1.54) is 0 Å². The van der Waals surface area contributed by atoms with Gasteiger partial charge in [0, 0.05) is 22.7 Å². The summed E-state index contributed by atoms with van der Waals surface area (Å²) in [5, 5.41) is 9.80. The Bertz CT molecular complexity index is 331. The van der Waals surface area contributed by atoms with Gasteiger partial charge < -0.3 is 10.1 Å². The van der Waals surface area contributed by atoms with Crippen LogP contribution in [0, 0.1) is 6.07 Å². The summed E-state index contributed by atoms with van der Waals surface area (Å²) < 4.78 is 0. The number of fused-ring (bicyclic) bond motifs is 1. The number of aromatic nitrogens is 1. The van der Waals surface area contributed by atoms with E-state index in [-0.39, 0.29) is 6.61 Å². The van der Waals surface area contributed by atoms with Gasteiger partial charge in [0.05, 0.1) is 6.61 Å². The molecular weight excluding hydrogens is 138 g/mol. The van der Waals surface area contributed by atoms with Gasteiger partial charge in [-0.25, -0.2) is 0 Å². The molecule has 0 aliphatic heterocycles. The Balaban J connectivity index is 2.69. The number of aliphatic hydroxyl groups is 1. The van der Waals surface area contributed by atoms with E-state index >= 15 is 0 Å². The zero-order chi connectivity index (χ0) is 7.68. The van der Waals surface area contributed by atoms with E-state index in [4.69, 9.17) is 5.11 Å². The van der Waals surface area contributed by atoms with Crippen LogP contribution in [0.25, 0.3) is 10.9 Å². The first-order valence-electron chi connectivity index (χ1n) is 3.50. The minimum atomic E-state index is 0.0225. The number of rotatable bonds is 1. The lowest BCUT2D eigenvalue weighted by Gasteiger charge is -1.84. The van der Waals surface area contributed by atoms with Crippen molar-refractivity contribution >= 4 is 10.9 Å². The summed E-state index contributed by atoms with van der Waals surface area (Å²) in [5.41, 5.74) is 1.77. The molecule has 0 bridgehead atoms. The summed E-state index contributed by atoms with van der Waals surface area (Å²) in [7, 11) is 0. The fourth-order valence-electron chi connectivity index (χ4n) is 1.14. The van der Waals surface area contributed by atoms with Crippen molar-refractivity contribution in [1.82, 2.24) is 4.98 Å². The van der Waals surface area contributed by atoms with Crippen LogP contribution in [-0.2, 0) is 6.61 Å². The standard InChI is InChI=1S/C9H8NO/c11-6-8-5-7-3-1-2-4-9(7)10-8/h1-4,10-11H,6H2. The van der Waals surface area contributed by atoms with Crippen molar-refractivity contribution in [3.05, 3.63) is 36.0 Å². The molecule has 0 saturated carbocycles. The maximum atomic E-state index is 8.78. The summed E-state index contributed by atoms with van der Waals surface area (Å²) in [5.74, 6) is 0. The Kier molecular flexibility index (Phi) is 1.40. The molecule has 0 spiro atoms. The Hall–Kier alpha value is -1.28. The molecular formula is C9H8NO.